The van der Waals surface area contributed by atoms with Gasteiger partial charge in [-0.1, -0.05) is 148 Å². The molecule has 0 aromatic carbocycles. The summed E-state index contributed by atoms with van der Waals surface area (Å²) in [5.74, 6) is -0.607. The summed E-state index contributed by atoms with van der Waals surface area (Å²) in [7, 11) is 0. The van der Waals surface area contributed by atoms with Crippen molar-refractivity contribution in [3.05, 3.63) is 0 Å². The van der Waals surface area contributed by atoms with Crippen molar-refractivity contribution in [3.63, 3.8) is 0 Å². The van der Waals surface area contributed by atoms with E-state index in [2.05, 4.69) is 11.9 Å². The summed E-state index contributed by atoms with van der Waals surface area (Å²) >= 11 is 0. The van der Waals surface area contributed by atoms with Crippen LogP contribution in [0.5, 0.6) is 0 Å². The average molecular weight is 494 g/mol. The van der Waals surface area contributed by atoms with Crippen LogP contribution in [0.15, 0.2) is 4.99 Å². The topological polar surface area (TPSA) is 66.7 Å². The Bertz CT molecular complexity index is 515. The minimum absolute atomic E-state index is 0.508. The van der Waals surface area contributed by atoms with Crippen LogP contribution in [0.25, 0.3) is 0 Å². The number of hydrogen-bond acceptors (Lipinski definition) is 3. The highest BCUT2D eigenvalue weighted by molar-refractivity contribution is 5.74. The van der Waals surface area contributed by atoms with Crippen LogP contribution in [0.3, 0.4) is 0 Å². The lowest BCUT2D eigenvalue weighted by atomic mass is 9.80. The summed E-state index contributed by atoms with van der Waals surface area (Å²) in [6.07, 6.45) is 33.1. The van der Waals surface area contributed by atoms with E-state index >= 15 is 0 Å². The Labute approximate surface area is 218 Å². The lowest BCUT2D eigenvalue weighted by Crippen LogP contribution is -2.27. The predicted molar refractivity (Wildman–Crippen MR) is 150 cm³/mol. The normalized spacial score (nSPS) is 12.9. The molecular formula is C31H59NO3. The molecule has 0 aromatic heterocycles. The number of nitrogens with zero attached hydrogens (tertiary/aromatic N) is 1. The van der Waals surface area contributed by atoms with Crippen molar-refractivity contribution in [1.82, 2.24) is 0 Å². The molecule has 0 saturated carbocycles. The van der Waals surface area contributed by atoms with E-state index in [1.165, 1.54) is 122 Å². The van der Waals surface area contributed by atoms with E-state index in [-0.39, 0.29) is 0 Å². The van der Waals surface area contributed by atoms with Gasteiger partial charge in [0, 0.05) is 0 Å². The first-order valence-electron chi connectivity index (χ1n) is 15.3. The number of carboxylic acid groups (broad SMARTS) is 1. The molecule has 0 heterocycles. The van der Waals surface area contributed by atoms with E-state index in [0.717, 1.165) is 38.5 Å². The summed E-state index contributed by atoms with van der Waals surface area (Å²) in [5.41, 5.74) is -0.508. The van der Waals surface area contributed by atoms with Gasteiger partial charge in [-0.15, -0.1) is 0 Å². The Morgan fingerprint density at radius 1 is 0.600 bits per heavy atom. The molecule has 1 N–H and O–H groups in total. The standard InChI is InChI=1S/C31H59NO3/c1-3-4-26-31(2,30(34)35)27-24-22-20-18-16-14-12-10-8-6-5-7-9-11-13-15-17-19-21-23-25-28-32-29-33/h3-28H2,1-2H3,(H,34,35). The van der Waals surface area contributed by atoms with Gasteiger partial charge in [0.2, 0.25) is 6.08 Å². The molecule has 206 valence electrons. The number of carbonyl (C=O) groups excluding carboxylic acids is 1. The second kappa shape index (κ2) is 25.9. The number of aliphatic carboxylic acids is 1. The Morgan fingerprint density at radius 2 is 0.914 bits per heavy atom. The van der Waals surface area contributed by atoms with Crippen LogP contribution in [-0.2, 0) is 9.59 Å². The highest BCUT2D eigenvalue weighted by Crippen LogP contribution is 2.31. The molecule has 0 rings (SSSR count). The number of hydrogen-bond donors (Lipinski definition) is 1. The molecule has 0 bridgehead atoms. The summed E-state index contributed by atoms with van der Waals surface area (Å²) in [6, 6.07) is 0. The first-order valence-corrected chi connectivity index (χ1v) is 15.3. The Kier molecular flexibility index (Phi) is 25.1. The monoisotopic (exact) mass is 493 g/mol. The van der Waals surface area contributed by atoms with E-state index in [1.807, 2.05) is 6.92 Å². The molecule has 4 nitrogen and oxygen atoms in total. The zero-order valence-corrected chi connectivity index (χ0v) is 23.6. The number of aliphatic imine (C=N–C) groups is 1. The van der Waals surface area contributed by atoms with E-state index in [9.17, 15) is 14.7 Å². The Balaban J connectivity index is 3.26. The Morgan fingerprint density at radius 3 is 1.23 bits per heavy atom. The van der Waals surface area contributed by atoms with E-state index in [0.29, 0.717) is 6.54 Å². The number of rotatable bonds is 28. The molecule has 1 atom stereocenters. The van der Waals surface area contributed by atoms with Crippen molar-refractivity contribution in [2.45, 2.75) is 174 Å². The van der Waals surface area contributed by atoms with Crippen molar-refractivity contribution >= 4 is 12.0 Å². The first-order chi connectivity index (χ1) is 17.1. The molecule has 0 radical (unpaired) electrons. The molecule has 0 aromatic rings. The van der Waals surface area contributed by atoms with Crippen molar-refractivity contribution in [1.29, 1.82) is 0 Å². The lowest BCUT2D eigenvalue weighted by molar-refractivity contribution is -0.149. The molecule has 0 spiro atoms. The van der Waals surface area contributed by atoms with Crippen LogP contribution >= 0.6 is 0 Å². The summed E-state index contributed by atoms with van der Waals surface area (Å²) in [4.78, 5) is 25.1. The fourth-order valence-corrected chi connectivity index (χ4v) is 5.02. The predicted octanol–water partition coefficient (Wildman–Crippen LogP) is 10.2. The van der Waals surface area contributed by atoms with Crippen LogP contribution in [0, 0.1) is 5.41 Å². The maximum atomic E-state index is 11.6. The molecular weight excluding hydrogens is 434 g/mol. The molecule has 0 aliphatic heterocycles. The Hall–Kier alpha value is -1.15. The SMILES string of the molecule is CCCCC(C)(CCCCCCCCCCCCCCCCCCCCCCCN=C=O)C(=O)O. The molecule has 0 saturated heterocycles. The highest BCUT2D eigenvalue weighted by atomic mass is 16.4. The van der Waals surface area contributed by atoms with E-state index < -0.39 is 11.4 Å². The van der Waals surface area contributed by atoms with Crippen molar-refractivity contribution < 1.29 is 14.7 Å². The van der Waals surface area contributed by atoms with Gasteiger partial charge in [0.05, 0.1) is 12.0 Å². The summed E-state index contributed by atoms with van der Waals surface area (Å²) in [6.45, 7) is 4.73. The second-order valence-corrected chi connectivity index (χ2v) is 11.1. The van der Waals surface area contributed by atoms with Gasteiger partial charge in [-0.3, -0.25) is 4.79 Å². The number of unbranched alkanes of at least 4 members (excludes halogenated alkanes) is 21. The van der Waals surface area contributed by atoms with Gasteiger partial charge in [-0.2, -0.15) is 0 Å². The average Bonchev–Trinajstić information content (AvgIpc) is 2.85. The van der Waals surface area contributed by atoms with Crippen molar-refractivity contribution in [2.75, 3.05) is 6.54 Å². The number of carbonyl (C=O) groups is 1. The second-order valence-electron chi connectivity index (χ2n) is 11.1. The minimum Gasteiger partial charge on any atom is -0.481 e. The molecule has 1 unspecified atom stereocenters. The zero-order chi connectivity index (χ0) is 25.9. The van der Waals surface area contributed by atoms with Gasteiger partial charge < -0.3 is 5.11 Å². The number of isocyanates is 1. The fourth-order valence-electron chi connectivity index (χ4n) is 5.02. The first kappa shape index (κ1) is 33.8. The maximum absolute atomic E-state index is 11.6. The third kappa shape index (κ3) is 23.0. The van der Waals surface area contributed by atoms with Gasteiger partial charge in [-0.05, 0) is 26.2 Å². The van der Waals surface area contributed by atoms with Gasteiger partial charge >= 0.3 is 5.97 Å². The zero-order valence-electron chi connectivity index (χ0n) is 23.6. The van der Waals surface area contributed by atoms with Crippen LogP contribution in [-0.4, -0.2) is 23.7 Å². The maximum Gasteiger partial charge on any atom is 0.309 e. The summed E-state index contributed by atoms with van der Waals surface area (Å²) in [5, 5.41) is 9.53. The lowest BCUT2D eigenvalue weighted by Gasteiger charge is -2.24. The van der Waals surface area contributed by atoms with Crippen LogP contribution in [0.2, 0.25) is 0 Å². The quantitative estimate of drug-likeness (QED) is 0.0669. The van der Waals surface area contributed by atoms with Crippen molar-refractivity contribution in [2.24, 2.45) is 10.4 Å². The highest BCUT2D eigenvalue weighted by Gasteiger charge is 2.31. The molecule has 0 aliphatic carbocycles. The van der Waals surface area contributed by atoms with Gasteiger partial charge in [0.25, 0.3) is 0 Å². The van der Waals surface area contributed by atoms with Crippen LogP contribution in [0.4, 0.5) is 0 Å². The third-order valence-electron chi connectivity index (χ3n) is 7.66. The third-order valence-corrected chi connectivity index (χ3v) is 7.66. The van der Waals surface area contributed by atoms with Gasteiger partial charge in [0.15, 0.2) is 0 Å². The van der Waals surface area contributed by atoms with Crippen LogP contribution < -0.4 is 0 Å². The number of carboxylic acids is 1. The molecule has 0 amide bonds. The van der Waals surface area contributed by atoms with Gasteiger partial charge in [0.1, 0.15) is 0 Å². The molecule has 4 heteroatoms. The largest absolute Gasteiger partial charge is 0.481 e. The van der Waals surface area contributed by atoms with Gasteiger partial charge in [-0.25, -0.2) is 9.79 Å². The molecule has 0 fully saturated rings. The van der Waals surface area contributed by atoms with Crippen molar-refractivity contribution in [3.8, 4) is 0 Å². The fraction of sp³-hybridized carbons (Fsp3) is 0.935. The summed E-state index contributed by atoms with van der Waals surface area (Å²) < 4.78 is 0. The molecule has 35 heavy (non-hydrogen) atoms. The van der Waals surface area contributed by atoms with Crippen LogP contribution in [0.1, 0.15) is 174 Å². The minimum atomic E-state index is -0.607. The van der Waals surface area contributed by atoms with E-state index in [4.69, 9.17) is 0 Å². The van der Waals surface area contributed by atoms with E-state index in [1.54, 1.807) is 6.08 Å². The smallest absolute Gasteiger partial charge is 0.309 e. The molecule has 0 aliphatic rings.